The smallest absolute Gasteiger partial charge is 0.256 e. The van der Waals surface area contributed by atoms with Crippen LogP contribution >= 0.6 is 11.6 Å². The first-order chi connectivity index (χ1) is 10.1. The van der Waals surface area contributed by atoms with E-state index in [4.69, 9.17) is 11.6 Å². The molecule has 0 aliphatic heterocycles. The normalized spacial score (nSPS) is 10.6. The van der Waals surface area contributed by atoms with Gasteiger partial charge in [0.2, 0.25) is 5.28 Å². The van der Waals surface area contributed by atoms with Gasteiger partial charge in [0, 0.05) is 12.3 Å². The predicted octanol–water partition coefficient (Wildman–Crippen LogP) is 2.48. The zero-order chi connectivity index (χ0) is 14.8. The summed E-state index contributed by atoms with van der Waals surface area (Å²) in [5.41, 5.74) is 0.0224. The SMILES string of the molecule is O=c1ccccn1-c1cccc(-c2nc(Cl)ncc2F)n1. The van der Waals surface area contributed by atoms with Crippen molar-refractivity contribution in [2.24, 2.45) is 0 Å². The lowest BCUT2D eigenvalue weighted by molar-refractivity contribution is 0.617. The first-order valence-corrected chi connectivity index (χ1v) is 6.36. The first kappa shape index (κ1) is 13.4. The Bertz CT molecular complexity index is 865. The van der Waals surface area contributed by atoms with E-state index in [9.17, 15) is 9.18 Å². The molecule has 0 spiro atoms. The molecule has 3 aromatic rings. The highest BCUT2D eigenvalue weighted by Crippen LogP contribution is 2.20. The lowest BCUT2D eigenvalue weighted by Crippen LogP contribution is -2.16. The van der Waals surface area contributed by atoms with Gasteiger partial charge in [-0.05, 0) is 29.8 Å². The molecule has 0 amide bonds. The maximum Gasteiger partial charge on any atom is 0.256 e. The average molecular weight is 303 g/mol. The van der Waals surface area contributed by atoms with Crippen molar-refractivity contribution in [2.75, 3.05) is 0 Å². The molecule has 7 heteroatoms. The molecule has 3 rings (SSSR count). The quantitative estimate of drug-likeness (QED) is 0.682. The zero-order valence-corrected chi connectivity index (χ0v) is 11.3. The standard InChI is InChI=1S/C14H8ClFN4O/c15-14-17-8-9(16)13(19-14)10-4-3-5-11(18-10)20-7-2-1-6-12(20)21/h1-8H. The average Bonchev–Trinajstić information content (AvgIpc) is 2.50. The molecule has 3 heterocycles. The van der Waals surface area contributed by atoms with Gasteiger partial charge >= 0.3 is 0 Å². The molecule has 0 radical (unpaired) electrons. The minimum Gasteiger partial charge on any atom is -0.269 e. The molecule has 3 aromatic heterocycles. The molecule has 0 aliphatic carbocycles. The van der Waals surface area contributed by atoms with E-state index in [1.807, 2.05) is 0 Å². The topological polar surface area (TPSA) is 60.7 Å². The molecule has 0 unspecified atom stereocenters. The van der Waals surface area contributed by atoms with Crippen molar-refractivity contribution in [3.05, 3.63) is 70.2 Å². The van der Waals surface area contributed by atoms with Crippen LogP contribution in [-0.2, 0) is 0 Å². The summed E-state index contributed by atoms with van der Waals surface area (Å²) in [6.07, 6.45) is 2.56. The Morgan fingerprint density at radius 1 is 1.10 bits per heavy atom. The van der Waals surface area contributed by atoms with Crippen molar-refractivity contribution in [1.82, 2.24) is 19.5 Å². The second-order valence-corrected chi connectivity index (χ2v) is 4.46. The summed E-state index contributed by atoms with van der Waals surface area (Å²) in [6, 6.07) is 9.64. The van der Waals surface area contributed by atoms with E-state index in [2.05, 4.69) is 15.0 Å². The van der Waals surface area contributed by atoms with Gasteiger partial charge < -0.3 is 0 Å². The molecular formula is C14H8ClFN4O. The van der Waals surface area contributed by atoms with E-state index in [1.165, 1.54) is 10.6 Å². The number of aromatic nitrogens is 4. The number of halogens is 2. The zero-order valence-electron chi connectivity index (χ0n) is 10.6. The van der Waals surface area contributed by atoms with E-state index < -0.39 is 5.82 Å². The highest BCUT2D eigenvalue weighted by molar-refractivity contribution is 6.28. The van der Waals surface area contributed by atoms with Crippen molar-refractivity contribution in [1.29, 1.82) is 0 Å². The van der Waals surface area contributed by atoms with E-state index in [1.54, 1.807) is 36.5 Å². The molecule has 0 N–H and O–H groups in total. The maximum atomic E-state index is 13.8. The lowest BCUT2D eigenvalue weighted by Gasteiger charge is -2.07. The van der Waals surface area contributed by atoms with Gasteiger partial charge in [0.25, 0.3) is 5.56 Å². The number of hydrogen-bond donors (Lipinski definition) is 0. The Hall–Kier alpha value is -2.60. The summed E-state index contributed by atoms with van der Waals surface area (Å²) in [5.74, 6) is -0.267. The molecule has 0 fully saturated rings. The van der Waals surface area contributed by atoms with Crippen molar-refractivity contribution in [3.63, 3.8) is 0 Å². The van der Waals surface area contributed by atoms with Gasteiger partial charge in [0.05, 0.1) is 11.9 Å². The van der Waals surface area contributed by atoms with Crippen LogP contribution in [0.5, 0.6) is 0 Å². The Morgan fingerprint density at radius 3 is 2.76 bits per heavy atom. The molecular weight excluding hydrogens is 295 g/mol. The molecule has 0 bridgehead atoms. The molecule has 0 saturated heterocycles. The Labute approximate surface area is 123 Å². The monoisotopic (exact) mass is 302 g/mol. The highest BCUT2D eigenvalue weighted by atomic mass is 35.5. The van der Waals surface area contributed by atoms with Crippen LogP contribution in [0.25, 0.3) is 17.2 Å². The third kappa shape index (κ3) is 2.66. The van der Waals surface area contributed by atoms with Crippen LogP contribution in [0, 0.1) is 5.82 Å². The number of hydrogen-bond acceptors (Lipinski definition) is 4. The largest absolute Gasteiger partial charge is 0.269 e. The van der Waals surface area contributed by atoms with Gasteiger partial charge in [-0.3, -0.25) is 9.36 Å². The van der Waals surface area contributed by atoms with Crippen molar-refractivity contribution >= 4 is 11.6 Å². The first-order valence-electron chi connectivity index (χ1n) is 5.99. The maximum absolute atomic E-state index is 13.8. The molecule has 0 atom stereocenters. The molecule has 21 heavy (non-hydrogen) atoms. The lowest BCUT2D eigenvalue weighted by atomic mass is 10.2. The van der Waals surface area contributed by atoms with Crippen molar-refractivity contribution < 1.29 is 4.39 Å². The Balaban J connectivity index is 2.15. The molecule has 5 nitrogen and oxygen atoms in total. The van der Waals surface area contributed by atoms with Crippen LogP contribution in [0.2, 0.25) is 5.28 Å². The van der Waals surface area contributed by atoms with E-state index in [-0.39, 0.29) is 22.2 Å². The highest BCUT2D eigenvalue weighted by Gasteiger charge is 2.11. The van der Waals surface area contributed by atoms with E-state index >= 15 is 0 Å². The van der Waals surface area contributed by atoms with Crippen LogP contribution < -0.4 is 5.56 Å². The van der Waals surface area contributed by atoms with Gasteiger partial charge in [0.15, 0.2) is 5.82 Å². The van der Waals surface area contributed by atoms with Crippen LogP contribution in [0.1, 0.15) is 0 Å². The minimum absolute atomic E-state index is 0.0131. The van der Waals surface area contributed by atoms with Gasteiger partial charge in [-0.25, -0.2) is 19.3 Å². The van der Waals surface area contributed by atoms with E-state index in [0.29, 0.717) is 5.82 Å². The Morgan fingerprint density at radius 2 is 1.95 bits per heavy atom. The summed E-state index contributed by atoms with van der Waals surface area (Å²) in [7, 11) is 0. The fourth-order valence-electron chi connectivity index (χ4n) is 1.83. The fraction of sp³-hybridized carbons (Fsp3) is 0. The van der Waals surface area contributed by atoms with Gasteiger partial charge in [-0.1, -0.05) is 12.1 Å². The second kappa shape index (κ2) is 5.41. The second-order valence-electron chi connectivity index (χ2n) is 4.13. The molecule has 0 saturated carbocycles. The van der Waals surface area contributed by atoms with Crippen LogP contribution in [0.15, 0.2) is 53.6 Å². The summed E-state index contributed by atoms with van der Waals surface area (Å²) in [6.45, 7) is 0. The van der Waals surface area contributed by atoms with Crippen LogP contribution in [0.4, 0.5) is 4.39 Å². The molecule has 104 valence electrons. The number of pyridine rings is 2. The number of nitrogens with zero attached hydrogens (tertiary/aromatic N) is 4. The van der Waals surface area contributed by atoms with Crippen LogP contribution in [0.3, 0.4) is 0 Å². The van der Waals surface area contributed by atoms with Crippen molar-refractivity contribution in [3.8, 4) is 17.2 Å². The van der Waals surface area contributed by atoms with Gasteiger partial charge in [0.1, 0.15) is 11.5 Å². The van der Waals surface area contributed by atoms with Crippen molar-refractivity contribution in [2.45, 2.75) is 0 Å². The van der Waals surface area contributed by atoms with E-state index in [0.717, 1.165) is 6.20 Å². The third-order valence-electron chi connectivity index (χ3n) is 2.76. The van der Waals surface area contributed by atoms with Crippen LogP contribution in [-0.4, -0.2) is 19.5 Å². The molecule has 0 aromatic carbocycles. The fourth-order valence-corrected chi connectivity index (χ4v) is 1.96. The summed E-state index contributed by atoms with van der Waals surface area (Å²) >= 11 is 5.68. The Kier molecular flexibility index (Phi) is 3.45. The summed E-state index contributed by atoms with van der Waals surface area (Å²) in [4.78, 5) is 23.4. The molecule has 0 aliphatic rings. The third-order valence-corrected chi connectivity index (χ3v) is 2.94. The van der Waals surface area contributed by atoms with Gasteiger partial charge in [-0.2, -0.15) is 0 Å². The number of rotatable bonds is 2. The van der Waals surface area contributed by atoms with Gasteiger partial charge in [-0.15, -0.1) is 0 Å². The summed E-state index contributed by atoms with van der Waals surface area (Å²) in [5, 5.41) is -0.0736. The predicted molar refractivity (Wildman–Crippen MR) is 75.8 cm³/mol. The summed E-state index contributed by atoms with van der Waals surface area (Å²) < 4.78 is 15.1. The minimum atomic E-state index is -0.635.